The molecule has 2 N–H and O–H groups in total. The van der Waals surface area contributed by atoms with E-state index in [9.17, 15) is 4.79 Å². The van der Waals surface area contributed by atoms with Crippen LogP contribution in [-0.4, -0.2) is 29.4 Å². The van der Waals surface area contributed by atoms with E-state index in [4.69, 9.17) is 5.73 Å². The Hall–Kier alpha value is -2.91. The summed E-state index contributed by atoms with van der Waals surface area (Å²) in [5.41, 5.74) is 9.34. The molecule has 1 amide bonds. The number of benzene rings is 3. The van der Waals surface area contributed by atoms with Crippen LogP contribution in [0.3, 0.4) is 0 Å². The van der Waals surface area contributed by atoms with Crippen molar-refractivity contribution in [3.63, 3.8) is 0 Å². The Balaban J connectivity index is 1.66. The minimum absolute atomic E-state index is 0.132. The molecule has 3 aromatic carbocycles. The zero-order valence-corrected chi connectivity index (χ0v) is 18.1. The topological polar surface area (TPSA) is 46.3 Å². The van der Waals surface area contributed by atoms with Crippen LogP contribution in [0.4, 0.5) is 0 Å². The molecule has 3 nitrogen and oxygen atoms in total. The van der Waals surface area contributed by atoms with Crippen molar-refractivity contribution >= 4 is 5.91 Å². The third kappa shape index (κ3) is 4.88. The first-order valence-electron chi connectivity index (χ1n) is 11.4. The second-order valence-electron chi connectivity index (χ2n) is 8.65. The van der Waals surface area contributed by atoms with Crippen LogP contribution in [0.1, 0.15) is 48.3 Å². The Morgan fingerprint density at radius 3 is 1.94 bits per heavy atom. The van der Waals surface area contributed by atoms with E-state index < -0.39 is 5.54 Å². The standard InChI is InChI=1S/C28H32N2O/c29-27(31)28(19-10-11-20-30(28)21-18-23-12-4-1-5-13-23)22-26(24-14-6-2-7-15-24)25-16-8-3-9-17-25/h1-9,12-17,26H,10-11,18-22H2,(H2,29,31). The first-order chi connectivity index (χ1) is 15.2. The molecular formula is C28H32N2O. The highest BCUT2D eigenvalue weighted by atomic mass is 16.1. The number of piperidine rings is 1. The van der Waals surface area contributed by atoms with E-state index in [1.165, 1.54) is 16.7 Å². The molecule has 0 radical (unpaired) electrons. The van der Waals surface area contributed by atoms with Gasteiger partial charge in [-0.25, -0.2) is 0 Å². The summed E-state index contributed by atoms with van der Waals surface area (Å²) in [6.45, 7) is 1.77. The van der Waals surface area contributed by atoms with Crippen LogP contribution in [0.5, 0.6) is 0 Å². The maximum Gasteiger partial charge on any atom is 0.237 e. The Bertz CT molecular complexity index is 919. The Labute approximate surface area is 185 Å². The normalized spacial score (nSPS) is 19.4. The lowest BCUT2D eigenvalue weighted by Gasteiger charge is -2.47. The molecule has 1 aliphatic heterocycles. The number of carbonyl (C=O) groups excluding carboxylic acids is 1. The van der Waals surface area contributed by atoms with Crippen LogP contribution >= 0.6 is 0 Å². The van der Waals surface area contributed by atoms with Crippen molar-refractivity contribution in [2.45, 2.75) is 43.6 Å². The minimum atomic E-state index is -0.622. The first-order valence-corrected chi connectivity index (χ1v) is 11.4. The molecular weight excluding hydrogens is 380 g/mol. The van der Waals surface area contributed by atoms with Gasteiger partial charge in [0, 0.05) is 12.5 Å². The number of likely N-dealkylation sites (tertiary alicyclic amines) is 1. The van der Waals surface area contributed by atoms with Gasteiger partial charge in [0.15, 0.2) is 0 Å². The molecule has 4 rings (SSSR count). The van der Waals surface area contributed by atoms with Crippen LogP contribution in [0, 0.1) is 0 Å². The van der Waals surface area contributed by atoms with Gasteiger partial charge >= 0.3 is 0 Å². The smallest absolute Gasteiger partial charge is 0.237 e. The van der Waals surface area contributed by atoms with Gasteiger partial charge in [-0.3, -0.25) is 9.69 Å². The number of amides is 1. The number of hydrogen-bond donors (Lipinski definition) is 1. The van der Waals surface area contributed by atoms with Crippen molar-refractivity contribution in [1.29, 1.82) is 0 Å². The average molecular weight is 413 g/mol. The number of primary amides is 1. The van der Waals surface area contributed by atoms with Crippen LogP contribution < -0.4 is 5.73 Å². The Morgan fingerprint density at radius 1 is 0.839 bits per heavy atom. The number of nitrogens with zero attached hydrogens (tertiary/aromatic N) is 1. The lowest BCUT2D eigenvalue weighted by Crippen LogP contribution is -2.60. The Kier molecular flexibility index (Phi) is 6.83. The van der Waals surface area contributed by atoms with Crippen molar-refractivity contribution in [1.82, 2.24) is 4.90 Å². The highest BCUT2D eigenvalue weighted by molar-refractivity contribution is 5.85. The molecule has 1 unspecified atom stereocenters. The SMILES string of the molecule is NC(=O)C1(CC(c2ccccc2)c2ccccc2)CCCCN1CCc1ccccc1. The van der Waals surface area contributed by atoms with Gasteiger partial charge in [0.1, 0.15) is 5.54 Å². The van der Waals surface area contributed by atoms with Gasteiger partial charge in [-0.05, 0) is 55.3 Å². The molecule has 0 spiro atoms. The van der Waals surface area contributed by atoms with Crippen molar-refractivity contribution in [2.24, 2.45) is 5.73 Å². The van der Waals surface area contributed by atoms with Crippen LogP contribution in [0.2, 0.25) is 0 Å². The van der Waals surface area contributed by atoms with E-state index in [-0.39, 0.29) is 11.8 Å². The van der Waals surface area contributed by atoms with E-state index >= 15 is 0 Å². The van der Waals surface area contributed by atoms with Crippen molar-refractivity contribution in [2.75, 3.05) is 13.1 Å². The maximum absolute atomic E-state index is 13.1. The first kappa shape index (κ1) is 21.3. The predicted molar refractivity (Wildman–Crippen MR) is 127 cm³/mol. The summed E-state index contributed by atoms with van der Waals surface area (Å²) < 4.78 is 0. The quantitative estimate of drug-likeness (QED) is 0.555. The molecule has 1 fully saturated rings. The van der Waals surface area contributed by atoms with Crippen LogP contribution in [0.25, 0.3) is 0 Å². The van der Waals surface area contributed by atoms with Crippen molar-refractivity contribution in [3.8, 4) is 0 Å². The molecule has 31 heavy (non-hydrogen) atoms. The van der Waals surface area contributed by atoms with E-state index in [1.807, 2.05) is 18.2 Å². The predicted octanol–water partition coefficient (Wildman–Crippen LogP) is 5.16. The molecule has 3 heteroatoms. The van der Waals surface area contributed by atoms with Gasteiger partial charge in [0.2, 0.25) is 5.91 Å². The van der Waals surface area contributed by atoms with Crippen molar-refractivity contribution < 1.29 is 4.79 Å². The number of carbonyl (C=O) groups is 1. The van der Waals surface area contributed by atoms with Gasteiger partial charge in [0.25, 0.3) is 0 Å². The highest BCUT2D eigenvalue weighted by Gasteiger charge is 2.45. The molecule has 160 valence electrons. The van der Waals surface area contributed by atoms with E-state index in [2.05, 4.69) is 77.7 Å². The number of hydrogen-bond acceptors (Lipinski definition) is 2. The zero-order valence-electron chi connectivity index (χ0n) is 18.1. The summed E-state index contributed by atoms with van der Waals surface area (Å²) in [4.78, 5) is 15.5. The van der Waals surface area contributed by atoms with E-state index in [1.54, 1.807) is 0 Å². The molecule has 1 heterocycles. The van der Waals surface area contributed by atoms with E-state index in [0.29, 0.717) is 6.42 Å². The van der Waals surface area contributed by atoms with Crippen LogP contribution in [0.15, 0.2) is 91.0 Å². The zero-order chi connectivity index (χ0) is 21.5. The minimum Gasteiger partial charge on any atom is -0.368 e. The van der Waals surface area contributed by atoms with Gasteiger partial charge in [-0.1, -0.05) is 91.0 Å². The fourth-order valence-electron chi connectivity index (χ4n) is 5.07. The third-order valence-electron chi connectivity index (χ3n) is 6.79. The molecule has 3 aromatic rings. The fourth-order valence-corrected chi connectivity index (χ4v) is 5.07. The lowest BCUT2D eigenvalue weighted by molar-refractivity contribution is -0.133. The summed E-state index contributed by atoms with van der Waals surface area (Å²) in [6, 6.07) is 31.6. The molecule has 1 aliphatic rings. The van der Waals surface area contributed by atoms with Gasteiger partial charge in [-0.15, -0.1) is 0 Å². The largest absolute Gasteiger partial charge is 0.368 e. The van der Waals surface area contributed by atoms with Gasteiger partial charge in [0.05, 0.1) is 0 Å². The summed E-state index contributed by atoms with van der Waals surface area (Å²) >= 11 is 0. The van der Waals surface area contributed by atoms with Gasteiger partial charge < -0.3 is 5.73 Å². The highest BCUT2D eigenvalue weighted by Crippen LogP contribution is 2.40. The summed E-state index contributed by atoms with van der Waals surface area (Å²) in [6.07, 6.45) is 4.63. The Morgan fingerprint density at radius 2 is 1.39 bits per heavy atom. The summed E-state index contributed by atoms with van der Waals surface area (Å²) in [7, 11) is 0. The molecule has 0 aromatic heterocycles. The van der Waals surface area contributed by atoms with E-state index in [0.717, 1.165) is 38.8 Å². The molecule has 1 atom stereocenters. The average Bonchev–Trinajstić information content (AvgIpc) is 2.83. The van der Waals surface area contributed by atoms with Gasteiger partial charge in [-0.2, -0.15) is 0 Å². The second-order valence-corrected chi connectivity index (χ2v) is 8.65. The molecule has 0 aliphatic carbocycles. The monoisotopic (exact) mass is 412 g/mol. The summed E-state index contributed by atoms with van der Waals surface area (Å²) in [5, 5.41) is 0. The number of nitrogens with two attached hydrogens (primary N) is 1. The van der Waals surface area contributed by atoms with Crippen molar-refractivity contribution in [3.05, 3.63) is 108 Å². The molecule has 0 bridgehead atoms. The third-order valence-corrected chi connectivity index (χ3v) is 6.79. The molecule has 1 saturated heterocycles. The van der Waals surface area contributed by atoms with Crippen LogP contribution in [-0.2, 0) is 11.2 Å². The maximum atomic E-state index is 13.1. The fraction of sp³-hybridized carbons (Fsp3) is 0.321. The molecule has 0 saturated carbocycles. The lowest BCUT2D eigenvalue weighted by atomic mass is 9.74. The second kappa shape index (κ2) is 9.93. The summed E-state index contributed by atoms with van der Waals surface area (Å²) in [5.74, 6) is -0.0515. The number of rotatable bonds is 8.